The van der Waals surface area contributed by atoms with Gasteiger partial charge in [-0.1, -0.05) is 12.1 Å². The highest BCUT2D eigenvalue weighted by atomic mass is 19.4. The lowest BCUT2D eigenvalue weighted by Crippen LogP contribution is -2.19. The molecule has 112 valence electrons. The Hall–Kier alpha value is -1.75. The van der Waals surface area contributed by atoms with Crippen LogP contribution in [0.4, 0.5) is 13.2 Å². The van der Waals surface area contributed by atoms with Gasteiger partial charge in [0, 0.05) is 17.4 Å². The van der Waals surface area contributed by atoms with Crippen molar-refractivity contribution in [2.45, 2.75) is 38.4 Å². The third kappa shape index (κ3) is 2.35. The average Bonchev–Trinajstić information content (AvgIpc) is 2.75. The van der Waals surface area contributed by atoms with E-state index in [1.807, 2.05) is 13.0 Å². The van der Waals surface area contributed by atoms with E-state index < -0.39 is 11.7 Å². The summed E-state index contributed by atoms with van der Waals surface area (Å²) >= 11 is 0. The van der Waals surface area contributed by atoms with E-state index in [-0.39, 0.29) is 11.7 Å². The zero-order valence-electron chi connectivity index (χ0n) is 11.7. The number of halogens is 3. The van der Waals surface area contributed by atoms with Gasteiger partial charge in [0.1, 0.15) is 0 Å². The van der Waals surface area contributed by atoms with Crippen molar-refractivity contribution in [2.24, 2.45) is 5.73 Å². The molecule has 0 fully saturated rings. The number of rotatable bonds is 1. The molecule has 2 nitrogen and oxygen atoms in total. The van der Waals surface area contributed by atoms with Crippen molar-refractivity contribution in [1.82, 2.24) is 4.57 Å². The summed E-state index contributed by atoms with van der Waals surface area (Å²) in [5.74, 6) is 0. The van der Waals surface area contributed by atoms with Gasteiger partial charge < -0.3 is 10.3 Å². The van der Waals surface area contributed by atoms with Crippen LogP contribution in [0.15, 0.2) is 30.3 Å². The molecule has 1 aliphatic carbocycles. The number of fused-ring (bicyclic) bond motifs is 1. The number of hydrogen-bond donors (Lipinski definition) is 1. The maximum atomic E-state index is 13.2. The fourth-order valence-electron chi connectivity index (χ4n) is 3.18. The standard InChI is InChI=1S/C16H17F3N2/c1-10-9-11-13(20)6-4-8-14(11)21(10)15-7-3-2-5-12(15)16(17,18)19/h2-3,5,7,9,13H,4,6,8,20H2,1H3. The van der Waals surface area contributed by atoms with Crippen molar-refractivity contribution in [1.29, 1.82) is 0 Å². The summed E-state index contributed by atoms with van der Waals surface area (Å²) in [7, 11) is 0. The first-order chi connectivity index (χ1) is 9.89. The van der Waals surface area contributed by atoms with E-state index in [1.54, 1.807) is 10.6 Å². The molecule has 3 rings (SSSR count). The lowest BCUT2D eigenvalue weighted by Gasteiger charge is -2.23. The molecule has 5 heteroatoms. The summed E-state index contributed by atoms with van der Waals surface area (Å²) in [4.78, 5) is 0. The molecule has 1 unspecified atom stereocenters. The maximum Gasteiger partial charge on any atom is 0.418 e. The number of para-hydroxylation sites is 1. The van der Waals surface area contributed by atoms with Crippen LogP contribution in [0, 0.1) is 6.92 Å². The maximum absolute atomic E-state index is 13.2. The predicted molar refractivity (Wildman–Crippen MR) is 75.4 cm³/mol. The lowest BCUT2D eigenvalue weighted by molar-refractivity contribution is -0.137. The van der Waals surface area contributed by atoms with Crippen molar-refractivity contribution in [2.75, 3.05) is 0 Å². The summed E-state index contributed by atoms with van der Waals surface area (Å²) in [5, 5.41) is 0. The van der Waals surface area contributed by atoms with Crippen molar-refractivity contribution < 1.29 is 13.2 Å². The monoisotopic (exact) mass is 294 g/mol. The predicted octanol–water partition coefficient (Wildman–Crippen LogP) is 4.14. The van der Waals surface area contributed by atoms with E-state index in [4.69, 9.17) is 5.73 Å². The minimum Gasteiger partial charge on any atom is -0.324 e. The molecule has 1 heterocycles. The fourth-order valence-corrected chi connectivity index (χ4v) is 3.18. The Kier molecular flexibility index (Phi) is 3.32. The molecule has 21 heavy (non-hydrogen) atoms. The molecule has 0 radical (unpaired) electrons. The Morgan fingerprint density at radius 3 is 2.67 bits per heavy atom. The van der Waals surface area contributed by atoms with Crippen LogP contribution in [0.25, 0.3) is 5.69 Å². The van der Waals surface area contributed by atoms with Crippen molar-refractivity contribution >= 4 is 0 Å². The zero-order valence-corrected chi connectivity index (χ0v) is 11.7. The first kappa shape index (κ1) is 14.2. The molecular weight excluding hydrogens is 277 g/mol. The number of hydrogen-bond acceptors (Lipinski definition) is 1. The Labute approximate surface area is 121 Å². The number of nitrogens with zero attached hydrogens (tertiary/aromatic N) is 1. The number of aromatic nitrogens is 1. The van der Waals surface area contributed by atoms with E-state index in [2.05, 4.69) is 0 Å². The third-order valence-corrected chi connectivity index (χ3v) is 4.10. The van der Waals surface area contributed by atoms with E-state index in [0.29, 0.717) is 0 Å². The molecular formula is C16H17F3N2. The summed E-state index contributed by atoms with van der Waals surface area (Å²) in [6.07, 6.45) is -1.80. The smallest absolute Gasteiger partial charge is 0.324 e. The number of benzene rings is 1. The molecule has 0 saturated heterocycles. The average molecular weight is 294 g/mol. The molecule has 0 amide bonds. The van der Waals surface area contributed by atoms with Gasteiger partial charge in [0.2, 0.25) is 0 Å². The summed E-state index contributed by atoms with van der Waals surface area (Å²) < 4.78 is 41.4. The highest BCUT2D eigenvalue weighted by Gasteiger charge is 2.35. The van der Waals surface area contributed by atoms with Gasteiger partial charge in [-0.15, -0.1) is 0 Å². The quantitative estimate of drug-likeness (QED) is 0.842. The van der Waals surface area contributed by atoms with Gasteiger partial charge in [0.25, 0.3) is 0 Å². The number of aryl methyl sites for hydroxylation is 1. The first-order valence-electron chi connectivity index (χ1n) is 7.03. The second kappa shape index (κ2) is 4.91. The molecule has 1 aromatic heterocycles. The van der Waals surface area contributed by atoms with Crippen molar-refractivity contribution in [3.05, 3.63) is 52.8 Å². The lowest BCUT2D eigenvalue weighted by atomic mass is 9.93. The second-order valence-corrected chi connectivity index (χ2v) is 5.54. The van der Waals surface area contributed by atoms with Gasteiger partial charge in [-0.25, -0.2) is 0 Å². The molecule has 0 aliphatic heterocycles. The largest absolute Gasteiger partial charge is 0.418 e. The summed E-state index contributed by atoms with van der Waals surface area (Å²) in [6.45, 7) is 1.83. The zero-order chi connectivity index (χ0) is 15.2. The SMILES string of the molecule is Cc1cc2c(n1-c1ccccc1C(F)(F)F)CCCC2N. The normalized spacial score (nSPS) is 18.6. The van der Waals surface area contributed by atoms with Gasteiger partial charge in [-0.2, -0.15) is 13.2 Å². The molecule has 2 N–H and O–H groups in total. The minimum atomic E-state index is -4.36. The number of alkyl halides is 3. The van der Waals surface area contributed by atoms with Gasteiger partial charge in [-0.3, -0.25) is 0 Å². The molecule has 1 aliphatic rings. The van der Waals surface area contributed by atoms with Crippen LogP contribution < -0.4 is 5.73 Å². The van der Waals surface area contributed by atoms with Crippen LogP contribution in [0.3, 0.4) is 0 Å². The number of nitrogens with two attached hydrogens (primary N) is 1. The summed E-state index contributed by atoms with van der Waals surface area (Å²) in [6, 6.07) is 7.56. The van der Waals surface area contributed by atoms with Gasteiger partial charge in [0.05, 0.1) is 11.3 Å². The van der Waals surface area contributed by atoms with Crippen LogP contribution in [0.1, 0.15) is 41.4 Å². The highest BCUT2D eigenvalue weighted by molar-refractivity contribution is 5.49. The first-order valence-corrected chi connectivity index (χ1v) is 7.03. The van der Waals surface area contributed by atoms with Crippen LogP contribution in [-0.4, -0.2) is 4.57 Å². The van der Waals surface area contributed by atoms with Gasteiger partial charge in [0.15, 0.2) is 0 Å². The Morgan fingerprint density at radius 2 is 1.95 bits per heavy atom. The third-order valence-electron chi connectivity index (χ3n) is 4.10. The highest BCUT2D eigenvalue weighted by Crippen LogP contribution is 2.38. The second-order valence-electron chi connectivity index (χ2n) is 5.54. The van der Waals surface area contributed by atoms with Crippen LogP contribution in [0.5, 0.6) is 0 Å². The van der Waals surface area contributed by atoms with Gasteiger partial charge in [-0.05, 0) is 49.9 Å². The van der Waals surface area contributed by atoms with Crippen molar-refractivity contribution in [3.63, 3.8) is 0 Å². The Bertz CT molecular complexity index is 671. The summed E-state index contributed by atoms with van der Waals surface area (Å²) in [5.41, 5.74) is 8.38. The van der Waals surface area contributed by atoms with Crippen LogP contribution in [-0.2, 0) is 12.6 Å². The van der Waals surface area contributed by atoms with E-state index in [0.717, 1.165) is 42.3 Å². The minimum absolute atomic E-state index is 0.0771. The van der Waals surface area contributed by atoms with E-state index in [1.165, 1.54) is 12.1 Å². The fraction of sp³-hybridized carbons (Fsp3) is 0.375. The molecule has 0 bridgehead atoms. The molecule has 1 aromatic carbocycles. The van der Waals surface area contributed by atoms with Crippen molar-refractivity contribution in [3.8, 4) is 5.69 Å². The Morgan fingerprint density at radius 1 is 1.24 bits per heavy atom. The van der Waals surface area contributed by atoms with Crippen LogP contribution >= 0.6 is 0 Å². The van der Waals surface area contributed by atoms with Crippen LogP contribution in [0.2, 0.25) is 0 Å². The van der Waals surface area contributed by atoms with E-state index >= 15 is 0 Å². The van der Waals surface area contributed by atoms with E-state index in [9.17, 15) is 13.2 Å². The molecule has 2 aromatic rings. The Balaban J connectivity index is 2.23. The topological polar surface area (TPSA) is 30.9 Å². The molecule has 0 spiro atoms. The molecule has 0 saturated carbocycles. The molecule has 1 atom stereocenters. The van der Waals surface area contributed by atoms with Gasteiger partial charge >= 0.3 is 6.18 Å².